The van der Waals surface area contributed by atoms with Gasteiger partial charge in [-0.3, -0.25) is 0 Å². The number of benzene rings is 1. The predicted octanol–water partition coefficient (Wildman–Crippen LogP) is 4.39. The summed E-state index contributed by atoms with van der Waals surface area (Å²) in [6.07, 6.45) is -4.68. The maximum Gasteiger partial charge on any atom is 0.417 e. The van der Waals surface area contributed by atoms with Crippen LogP contribution in [0.25, 0.3) is 11.3 Å². The summed E-state index contributed by atoms with van der Waals surface area (Å²) in [5, 5.41) is 9.27. The van der Waals surface area contributed by atoms with Gasteiger partial charge < -0.3 is 14.2 Å². The Balaban J connectivity index is 2.63. The highest BCUT2D eigenvalue weighted by Crippen LogP contribution is 2.39. The van der Waals surface area contributed by atoms with E-state index in [1.807, 2.05) is 0 Å². The first-order chi connectivity index (χ1) is 12.8. The second-order valence-electron chi connectivity index (χ2n) is 5.26. The Bertz CT molecular complexity index is 851. The lowest BCUT2D eigenvalue weighted by atomic mass is 10.0. The standard InChI is InChI=1S/C18H17F3N2O3S/c1-24-6-7-27-17-12(10-22)13(18(19,20)21)9-14(23-17)11-4-5-15(25-2)16(8-11)26-3/h4-5,8-9H,6-7H2,1-3H3. The van der Waals surface area contributed by atoms with E-state index in [1.165, 1.54) is 27.4 Å². The van der Waals surface area contributed by atoms with Gasteiger partial charge in [0.25, 0.3) is 0 Å². The fourth-order valence-corrected chi connectivity index (χ4v) is 3.23. The first kappa shape index (κ1) is 20.9. The molecule has 0 aliphatic carbocycles. The van der Waals surface area contributed by atoms with Crippen molar-refractivity contribution in [2.75, 3.05) is 33.7 Å². The molecular formula is C18H17F3N2O3S. The lowest BCUT2D eigenvalue weighted by Crippen LogP contribution is -2.11. The van der Waals surface area contributed by atoms with Gasteiger partial charge in [0.05, 0.1) is 37.6 Å². The molecule has 0 atom stereocenters. The molecule has 0 saturated carbocycles. The monoisotopic (exact) mass is 398 g/mol. The first-order valence-corrected chi connectivity index (χ1v) is 8.70. The number of halogens is 3. The van der Waals surface area contributed by atoms with E-state index in [2.05, 4.69) is 4.98 Å². The number of ether oxygens (including phenoxy) is 3. The van der Waals surface area contributed by atoms with Crippen LogP contribution in [0.2, 0.25) is 0 Å². The second kappa shape index (κ2) is 8.97. The van der Waals surface area contributed by atoms with E-state index in [0.29, 0.717) is 29.4 Å². The Kier molecular flexibility index (Phi) is 6.93. The number of methoxy groups -OCH3 is 3. The number of thioether (sulfide) groups is 1. The van der Waals surface area contributed by atoms with E-state index in [4.69, 9.17) is 14.2 Å². The van der Waals surface area contributed by atoms with Gasteiger partial charge in [-0.25, -0.2) is 4.98 Å². The van der Waals surface area contributed by atoms with Crippen LogP contribution >= 0.6 is 11.8 Å². The molecule has 0 saturated heterocycles. The van der Waals surface area contributed by atoms with Gasteiger partial charge >= 0.3 is 6.18 Å². The highest BCUT2D eigenvalue weighted by atomic mass is 32.2. The summed E-state index contributed by atoms with van der Waals surface area (Å²) in [6, 6.07) is 7.21. The van der Waals surface area contributed by atoms with Crippen LogP contribution < -0.4 is 9.47 Å². The van der Waals surface area contributed by atoms with Gasteiger partial charge in [-0.05, 0) is 24.3 Å². The van der Waals surface area contributed by atoms with E-state index in [-0.39, 0.29) is 10.7 Å². The summed E-state index contributed by atoms with van der Waals surface area (Å²) in [5.41, 5.74) is -1.02. The molecule has 9 heteroatoms. The molecule has 0 radical (unpaired) electrons. The average Bonchev–Trinajstić information content (AvgIpc) is 2.66. The maximum atomic E-state index is 13.5. The largest absolute Gasteiger partial charge is 0.493 e. The molecule has 1 heterocycles. The summed E-state index contributed by atoms with van der Waals surface area (Å²) < 4.78 is 55.8. The van der Waals surface area contributed by atoms with Crippen LogP contribution in [-0.4, -0.2) is 38.7 Å². The molecule has 1 aromatic carbocycles. The van der Waals surface area contributed by atoms with Crippen LogP contribution in [0, 0.1) is 11.3 Å². The number of rotatable bonds is 7. The van der Waals surface area contributed by atoms with E-state index in [0.717, 1.165) is 17.8 Å². The zero-order chi connectivity index (χ0) is 20.0. The molecular weight excluding hydrogens is 381 g/mol. The van der Waals surface area contributed by atoms with Crippen LogP contribution in [0.5, 0.6) is 11.5 Å². The van der Waals surface area contributed by atoms with Crippen LogP contribution in [0.4, 0.5) is 13.2 Å². The molecule has 0 amide bonds. The van der Waals surface area contributed by atoms with Gasteiger partial charge in [0.2, 0.25) is 0 Å². The highest BCUT2D eigenvalue weighted by molar-refractivity contribution is 7.99. The fraction of sp³-hybridized carbons (Fsp3) is 0.333. The van der Waals surface area contributed by atoms with Crippen LogP contribution in [0.1, 0.15) is 11.1 Å². The Labute approximate surface area is 159 Å². The van der Waals surface area contributed by atoms with Crippen molar-refractivity contribution in [2.24, 2.45) is 0 Å². The van der Waals surface area contributed by atoms with Crippen molar-refractivity contribution in [1.29, 1.82) is 5.26 Å². The Morgan fingerprint density at radius 1 is 1.11 bits per heavy atom. The third-order valence-corrected chi connectivity index (χ3v) is 4.55. The third kappa shape index (κ3) is 4.84. The molecule has 2 aromatic rings. The van der Waals surface area contributed by atoms with Crippen LogP contribution in [0.3, 0.4) is 0 Å². The smallest absolute Gasteiger partial charge is 0.417 e. The Hall–Kier alpha value is -2.44. The minimum Gasteiger partial charge on any atom is -0.493 e. The van der Waals surface area contributed by atoms with Gasteiger partial charge in [0.15, 0.2) is 11.5 Å². The van der Waals surface area contributed by atoms with E-state index >= 15 is 0 Å². The summed E-state index contributed by atoms with van der Waals surface area (Å²) in [7, 11) is 4.38. The minimum absolute atomic E-state index is 0.00848. The van der Waals surface area contributed by atoms with E-state index < -0.39 is 17.3 Å². The number of alkyl halides is 3. The molecule has 0 bridgehead atoms. The van der Waals surface area contributed by atoms with Gasteiger partial charge in [-0.15, -0.1) is 11.8 Å². The van der Waals surface area contributed by atoms with E-state index in [1.54, 1.807) is 18.2 Å². The highest BCUT2D eigenvalue weighted by Gasteiger charge is 2.36. The molecule has 27 heavy (non-hydrogen) atoms. The zero-order valence-corrected chi connectivity index (χ0v) is 15.7. The molecule has 0 spiro atoms. The second-order valence-corrected chi connectivity index (χ2v) is 6.34. The summed E-state index contributed by atoms with van der Waals surface area (Å²) in [6.45, 7) is 0.319. The molecule has 0 unspecified atom stereocenters. The van der Waals surface area contributed by atoms with Gasteiger partial charge in [-0.2, -0.15) is 18.4 Å². The molecule has 5 nitrogen and oxygen atoms in total. The summed E-state index contributed by atoms with van der Waals surface area (Å²) in [5.74, 6) is 1.18. The van der Waals surface area contributed by atoms with E-state index in [9.17, 15) is 18.4 Å². The maximum absolute atomic E-state index is 13.5. The van der Waals surface area contributed by atoms with Crippen LogP contribution in [-0.2, 0) is 10.9 Å². The first-order valence-electron chi connectivity index (χ1n) is 7.72. The average molecular weight is 398 g/mol. The molecule has 0 N–H and O–H groups in total. The Morgan fingerprint density at radius 3 is 2.37 bits per heavy atom. The molecule has 1 aromatic heterocycles. The van der Waals surface area contributed by atoms with Crippen molar-refractivity contribution in [2.45, 2.75) is 11.2 Å². The number of pyridine rings is 1. The minimum atomic E-state index is -4.68. The van der Waals surface area contributed by atoms with Crippen molar-refractivity contribution in [1.82, 2.24) is 4.98 Å². The third-order valence-electron chi connectivity index (χ3n) is 3.61. The van der Waals surface area contributed by atoms with Crippen molar-refractivity contribution >= 4 is 11.8 Å². The summed E-state index contributed by atoms with van der Waals surface area (Å²) >= 11 is 1.04. The van der Waals surface area contributed by atoms with Crippen molar-refractivity contribution in [3.8, 4) is 28.8 Å². The van der Waals surface area contributed by atoms with Gasteiger partial charge in [0, 0.05) is 18.4 Å². The number of nitrogens with zero attached hydrogens (tertiary/aromatic N) is 2. The van der Waals surface area contributed by atoms with Gasteiger partial charge in [0.1, 0.15) is 11.1 Å². The quantitative estimate of drug-likeness (QED) is 0.509. The molecule has 144 valence electrons. The lowest BCUT2D eigenvalue weighted by molar-refractivity contribution is -0.138. The topological polar surface area (TPSA) is 64.4 Å². The number of hydrogen-bond donors (Lipinski definition) is 0. The van der Waals surface area contributed by atoms with Gasteiger partial charge in [-0.1, -0.05) is 0 Å². The van der Waals surface area contributed by atoms with Crippen molar-refractivity contribution < 1.29 is 27.4 Å². The van der Waals surface area contributed by atoms with Crippen molar-refractivity contribution in [3.63, 3.8) is 0 Å². The van der Waals surface area contributed by atoms with Crippen molar-refractivity contribution in [3.05, 3.63) is 35.4 Å². The SMILES string of the molecule is COCCSc1nc(-c2ccc(OC)c(OC)c2)cc(C(F)(F)F)c1C#N. The molecule has 0 fully saturated rings. The summed E-state index contributed by atoms with van der Waals surface area (Å²) in [4.78, 5) is 4.28. The predicted molar refractivity (Wildman–Crippen MR) is 95.1 cm³/mol. The number of hydrogen-bond acceptors (Lipinski definition) is 6. The molecule has 2 rings (SSSR count). The normalized spacial score (nSPS) is 11.1. The molecule has 0 aliphatic rings. The molecule has 0 aliphatic heterocycles. The lowest BCUT2D eigenvalue weighted by Gasteiger charge is -2.15. The number of nitriles is 1. The van der Waals surface area contributed by atoms with Crippen LogP contribution in [0.15, 0.2) is 29.3 Å². The Morgan fingerprint density at radius 2 is 1.81 bits per heavy atom. The number of aromatic nitrogens is 1. The zero-order valence-electron chi connectivity index (χ0n) is 14.9. The fourth-order valence-electron chi connectivity index (χ4n) is 2.32.